The first-order chi connectivity index (χ1) is 13.4. The van der Waals surface area contributed by atoms with Crippen molar-refractivity contribution in [1.82, 2.24) is 0 Å². The van der Waals surface area contributed by atoms with E-state index in [1.165, 1.54) is 14.2 Å². The molecular weight excluding hydrogens is 398 g/mol. The van der Waals surface area contributed by atoms with E-state index in [2.05, 4.69) is 4.72 Å². The first kappa shape index (κ1) is 19.9. The summed E-state index contributed by atoms with van der Waals surface area (Å²) in [7, 11) is -1.42. The maximum atomic E-state index is 13.3. The van der Waals surface area contributed by atoms with Crippen LogP contribution in [-0.4, -0.2) is 28.6 Å². The smallest absolute Gasteiger partial charge is 0.349 e. The quantitative estimate of drug-likeness (QED) is 0.604. The van der Waals surface area contributed by atoms with Gasteiger partial charge in [-0.2, -0.15) is 0 Å². The van der Waals surface area contributed by atoms with Crippen molar-refractivity contribution in [2.75, 3.05) is 18.9 Å². The molecule has 6 nitrogen and oxygen atoms in total. The zero-order chi connectivity index (χ0) is 20.3. The summed E-state index contributed by atoms with van der Waals surface area (Å²) in [6.07, 6.45) is 0. The lowest BCUT2D eigenvalue weighted by molar-refractivity contribution is 0.0602. The first-order valence-corrected chi connectivity index (χ1v) is 10.7. The second-order valence-corrected chi connectivity index (χ2v) is 8.47. The third-order valence-corrected chi connectivity index (χ3v) is 6.61. The third kappa shape index (κ3) is 3.88. The minimum atomic E-state index is -4.10. The second-order valence-electron chi connectivity index (χ2n) is 5.97. The Morgan fingerprint density at radius 3 is 2.43 bits per heavy atom. The van der Waals surface area contributed by atoms with Crippen LogP contribution < -0.4 is 9.46 Å². The summed E-state index contributed by atoms with van der Waals surface area (Å²) >= 11 is 1.03. The maximum Gasteiger partial charge on any atom is 0.349 e. The Labute approximate surface area is 167 Å². The lowest BCUT2D eigenvalue weighted by Crippen LogP contribution is -2.17. The lowest BCUT2D eigenvalue weighted by Gasteiger charge is -2.14. The number of anilines is 1. The fraction of sp³-hybridized carbons (Fsp3) is 0.150. The number of carbonyl (C=O) groups excluding carboxylic acids is 1. The fourth-order valence-corrected chi connectivity index (χ4v) is 5.54. The number of sulfonamides is 1. The monoisotopic (exact) mass is 417 g/mol. The Morgan fingerprint density at radius 1 is 1.07 bits per heavy atom. The van der Waals surface area contributed by atoms with E-state index < -0.39 is 16.0 Å². The molecule has 0 bridgehead atoms. The first-order valence-electron chi connectivity index (χ1n) is 8.30. The van der Waals surface area contributed by atoms with Gasteiger partial charge in [0.25, 0.3) is 10.0 Å². The normalized spacial score (nSPS) is 11.1. The van der Waals surface area contributed by atoms with Gasteiger partial charge >= 0.3 is 5.97 Å². The average Bonchev–Trinajstić information content (AvgIpc) is 3.14. The maximum absolute atomic E-state index is 13.3. The van der Waals surface area contributed by atoms with Crippen LogP contribution >= 0.6 is 11.3 Å². The predicted octanol–water partition coefficient (Wildman–Crippen LogP) is 4.32. The molecule has 3 rings (SSSR count). The van der Waals surface area contributed by atoms with E-state index in [-0.39, 0.29) is 9.77 Å². The Morgan fingerprint density at radius 2 is 1.79 bits per heavy atom. The molecule has 8 heteroatoms. The number of methoxy groups -OCH3 is 2. The SMILES string of the molecule is COC(=O)c1scc(-c2ccccc2)c1S(=O)(=O)Nc1cc(C)ccc1OC. The molecule has 146 valence electrons. The van der Waals surface area contributed by atoms with Gasteiger partial charge in [0.1, 0.15) is 15.5 Å². The van der Waals surface area contributed by atoms with Gasteiger partial charge < -0.3 is 9.47 Å². The Kier molecular flexibility index (Phi) is 5.71. The third-order valence-electron chi connectivity index (χ3n) is 4.07. The van der Waals surface area contributed by atoms with Gasteiger partial charge in [-0.05, 0) is 30.2 Å². The number of hydrogen-bond donors (Lipinski definition) is 1. The topological polar surface area (TPSA) is 81.7 Å². The van der Waals surface area contributed by atoms with Crippen molar-refractivity contribution in [2.24, 2.45) is 0 Å². The van der Waals surface area contributed by atoms with E-state index in [0.717, 1.165) is 16.9 Å². The second kappa shape index (κ2) is 8.04. The minimum absolute atomic E-state index is 0.0143. The molecule has 0 fully saturated rings. The highest BCUT2D eigenvalue weighted by molar-refractivity contribution is 7.93. The Balaban J connectivity index is 2.17. The van der Waals surface area contributed by atoms with Gasteiger partial charge in [0.05, 0.1) is 19.9 Å². The van der Waals surface area contributed by atoms with E-state index in [1.54, 1.807) is 41.8 Å². The van der Waals surface area contributed by atoms with Crippen LogP contribution in [0.3, 0.4) is 0 Å². The highest BCUT2D eigenvalue weighted by Crippen LogP contribution is 2.37. The Hall–Kier alpha value is -2.84. The van der Waals surface area contributed by atoms with Crippen molar-refractivity contribution < 1.29 is 22.7 Å². The van der Waals surface area contributed by atoms with E-state index in [1.807, 2.05) is 19.1 Å². The van der Waals surface area contributed by atoms with Crippen molar-refractivity contribution >= 4 is 33.0 Å². The van der Waals surface area contributed by atoms with Crippen LogP contribution in [0.1, 0.15) is 15.2 Å². The fourth-order valence-electron chi connectivity index (χ4n) is 2.76. The molecule has 0 aliphatic heterocycles. The van der Waals surface area contributed by atoms with Gasteiger partial charge in [-0.1, -0.05) is 36.4 Å². The number of benzene rings is 2. The standard InChI is InChI=1S/C20H19NO5S2/c1-13-9-10-17(25-2)16(11-13)21-28(23,24)19-15(14-7-5-4-6-8-14)12-27-18(19)20(22)26-3/h4-12,21H,1-3H3. The minimum Gasteiger partial charge on any atom is -0.495 e. The van der Waals surface area contributed by atoms with Crippen molar-refractivity contribution in [2.45, 2.75) is 11.8 Å². The highest BCUT2D eigenvalue weighted by Gasteiger charge is 2.30. The molecule has 0 saturated heterocycles. The molecule has 1 aromatic heterocycles. The van der Waals surface area contributed by atoms with Gasteiger partial charge in [-0.3, -0.25) is 4.72 Å². The largest absolute Gasteiger partial charge is 0.495 e. The molecule has 28 heavy (non-hydrogen) atoms. The van der Waals surface area contributed by atoms with Crippen LogP contribution in [0.2, 0.25) is 0 Å². The molecule has 0 spiro atoms. The van der Waals surface area contributed by atoms with Gasteiger partial charge in [0.15, 0.2) is 0 Å². The summed E-state index contributed by atoms with van der Waals surface area (Å²) in [5.41, 5.74) is 2.28. The zero-order valence-corrected chi connectivity index (χ0v) is 17.2. The Bertz CT molecular complexity index is 1100. The number of thiophene rings is 1. The van der Waals surface area contributed by atoms with Crippen LogP contribution in [-0.2, 0) is 14.8 Å². The summed E-state index contributed by atoms with van der Waals surface area (Å²) in [6.45, 7) is 1.84. The molecule has 0 aliphatic rings. The molecule has 1 heterocycles. The van der Waals surface area contributed by atoms with Gasteiger partial charge in [0, 0.05) is 10.9 Å². The van der Waals surface area contributed by atoms with Gasteiger partial charge in [-0.15, -0.1) is 11.3 Å². The molecule has 0 radical (unpaired) electrons. The van der Waals surface area contributed by atoms with Gasteiger partial charge in [-0.25, -0.2) is 13.2 Å². The molecule has 1 N–H and O–H groups in total. The summed E-state index contributed by atoms with van der Waals surface area (Å²) in [6, 6.07) is 14.2. The number of aryl methyl sites for hydroxylation is 1. The lowest BCUT2D eigenvalue weighted by atomic mass is 10.1. The molecule has 0 unspecified atom stereocenters. The number of ether oxygens (including phenoxy) is 2. The molecule has 0 aliphatic carbocycles. The van der Waals surface area contributed by atoms with E-state index >= 15 is 0 Å². The van der Waals surface area contributed by atoms with Crippen molar-refractivity contribution in [3.63, 3.8) is 0 Å². The van der Waals surface area contributed by atoms with E-state index in [4.69, 9.17) is 9.47 Å². The highest BCUT2D eigenvalue weighted by atomic mass is 32.2. The van der Waals surface area contributed by atoms with Crippen LogP contribution in [0.15, 0.2) is 58.8 Å². The summed E-state index contributed by atoms with van der Waals surface area (Å²) in [5.74, 6) is -0.325. The van der Waals surface area contributed by atoms with Crippen LogP contribution in [0.25, 0.3) is 11.1 Å². The number of rotatable bonds is 6. The molecular formula is C20H19NO5S2. The number of hydrogen-bond acceptors (Lipinski definition) is 6. The van der Waals surface area contributed by atoms with Crippen molar-refractivity contribution in [3.05, 3.63) is 64.4 Å². The van der Waals surface area contributed by atoms with Crippen LogP contribution in [0.4, 0.5) is 5.69 Å². The summed E-state index contributed by atoms with van der Waals surface area (Å²) < 4.78 is 39.2. The van der Waals surface area contributed by atoms with E-state index in [0.29, 0.717) is 22.6 Å². The summed E-state index contributed by atoms with van der Waals surface area (Å²) in [5, 5.41) is 1.64. The average molecular weight is 418 g/mol. The van der Waals surface area contributed by atoms with Crippen molar-refractivity contribution in [3.8, 4) is 16.9 Å². The zero-order valence-electron chi connectivity index (χ0n) is 15.6. The number of esters is 1. The molecule has 0 saturated carbocycles. The van der Waals surface area contributed by atoms with Crippen LogP contribution in [0, 0.1) is 6.92 Å². The summed E-state index contributed by atoms with van der Waals surface area (Å²) in [4.78, 5) is 12.1. The van der Waals surface area contributed by atoms with Gasteiger partial charge in [0.2, 0.25) is 0 Å². The molecule has 3 aromatic rings. The molecule has 0 amide bonds. The van der Waals surface area contributed by atoms with Crippen molar-refractivity contribution in [1.29, 1.82) is 0 Å². The number of nitrogens with one attached hydrogen (secondary N) is 1. The molecule has 0 atom stereocenters. The number of carbonyl (C=O) groups is 1. The van der Waals surface area contributed by atoms with Crippen LogP contribution in [0.5, 0.6) is 5.75 Å². The predicted molar refractivity (Wildman–Crippen MR) is 110 cm³/mol. The molecule has 2 aromatic carbocycles. The van der Waals surface area contributed by atoms with E-state index in [9.17, 15) is 13.2 Å².